The largest absolute Gasteiger partial charge is 0.495 e. The van der Waals surface area contributed by atoms with Gasteiger partial charge < -0.3 is 10.1 Å². The summed E-state index contributed by atoms with van der Waals surface area (Å²) in [6.45, 7) is 1.82. The lowest BCUT2D eigenvalue weighted by Crippen LogP contribution is -2.32. The molecule has 0 bridgehead atoms. The highest BCUT2D eigenvalue weighted by Gasteiger charge is 2.41. The van der Waals surface area contributed by atoms with Crippen LogP contribution in [0.3, 0.4) is 0 Å². The van der Waals surface area contributed by atoms with Crippen molar-refractivity contribution in [1.29, 1.82) is 0 Å². The van der Waals surface area contributed by atoms with Crippen LogP contribution in [0, 0.1) is 17.0 Å². The Labute approximate surface area is 194 Å². The summed E-state index contributed by atoms with van der Waals surface area (Å²) >= 11 is 6.05. The molecule has 1 N–H and O–H groups in total. The van der Waals surface area contributed by atoms with E-state index < -0.39 is 16.7 Å². The van der Waals surface area contributed by atoms with E-state index in [1.165, 1.54) is 31.4 Å². The van der Waals surface area contributed by atoms with Crippen molar-refractivity contribution in [3.8, 4) is 5.75 Å². The Hall–Kier alpha value is -4.17. The van der Waals surface area contributed by atoms with Crippen LogP contribution in [-0.2, 0) is 9.59 Å². The second-order valence-electron chi connectivity index (χ2n) is 7.26. The van der Waals surface area contributed by atoms with E-state index in [4.69, 9.17) is 16.3 Å². The van der Waals surface area contributed by atoms with Gasteiger partial charge in [-0.25, -0.2) is 4.90 Å². The van der Waals surface area contributed by atoms with Gasteiger partial charge in [0.1, 0.15) is 11.4 Å². The van der Waals surface area contributed by atoms with Gasteiger partial charge in [0.15, 0.2) is 0 Å². The molecule has 0 spiro atoms. The van der Waals surface area contributed by atoms with Crippen LogP contribution in [0.2, 0.25) is 5.02 Å². The smallest absolute Gasteiger partial charge is 0.282 e. The summed E-state index contributed by atoms with van der Waals surface area (Å²) in [4.78, 5) is 38.6. The Morgan fingerprint density at radius 2 is 1.70 bits per heavy atom. The van der Waals surface area contributed by atoms with Crippen LogP contribution >= 0.6 is 11.6 Å². The molecule has 2 amide bonds. The molecule has 0 radical (unpaired) electrons. The minimum absolute atomic E-state index is 0.0465. The molecular formula is C24H18ClN3O5. The molecule has 0 aromatic heterocycles. The first kappa shape index (κ1) is 22.0. The van der Waals surface area contributed by atoms with Crippen molar-refractivity contribution >= 4 is 46.1 Å². The molecule has 9 heteroatoms. The lowest BCUT2D eigenvalue weighted by molar-refractivity contribution is -0.384. The average molecular weight is 464 g/mol. The number of nitro benzene ring substituents is 1. The monoisotopic (exact) mass is 463 g/mol. The molecule has 0 saturated carbocycles. The zero-order valence-electron chi connectivity index (χ0n) is 17.7. The molecule has 8 nitrogen and oxygen atoms in total. The summed E-state index contributed by atoms with van der Waals surface area (Å²) in [5.41, 5.74) is 2.04. The van der Waals surface area contributed by atoms with E-state index in [1.54, 1.807) is 42.5 Å². The van der Waals surface area contributed by atoms with Crippen LogP contribution in [0.25, 0.3) is 5.57 Å². The van der Waals surface area contributed by atoms with Gasteiger partial charge in [-0.05, 0) is 60.5 Å². The number of nitrogens with zero attached hydrogens (tertiary/aromatic N) is 2. The Balaban J connectivity index is 1.86. The summed E-state index contributed by atoms with van der Waals surface area (Å²) in [5.74, 6) is -0.800. The van der Waals surface area contributed by atoms with Crippen LogP contribution in [0.15, 0.2) is 72.4 Å². The number of amides is 2. The SMILES string of the molecule is COc1ccccc1N1C(=O)C(Nc2ccc(Cl)cc2C)=C(c2ccc([N+](=O)[O-])cc2)C1=O. The Morgan fingerprint density at radius 3 is 2.33 bits per heavy atom. The third-order valence-corrected chi connectivity index (χ3v) is 5.46. The van der Waals surface area contributed by atoms with Gasteiger partial charge in [0.2, 0.25) is 0 Å². The topological polar surface area (TPSA) is 102 Å². The van der Waals surface area contributed by atoms with Crippen LogP contribution in [0.4, 0.5) is 17.1 Å². The lowest BCUT2D eigenvalue weighted by Gasteiger charge is -2.18. The number of nitro groups is 1. The number of methoxy groups -OCH3 is 1. The second kappa shape index (κ2) is 8.76. The first-order valence-electron chi connectivity index (χ1n) is 9.86. The molecule has 166 valence electrons. The van der Waals surface area contributed by atoms with Crippen LogP contribution in [-0.4, -0.2) is 23.8 Å². The summed E-state index contributed by atoms with van der Waals surface area (Å²) in [6.07, 6.45) is 0. The number of anilines is 2. The van der Waals surface area contributed by atoms with Crippen molar-refractivity contribution < 1.29 is 19.2 Å². The predicted molar refractivity (Wildman–Crippen MR) is 125 cm³/mol. The van der Waals surface area contributed by atoms with Gasteiger partial charge in [-0.2, -0.15) is 0 Å². The number of ether oxygens (including phenoxy) is 1. The molecule has 33 heavy (non-hydrogen) atoms. The maximum atomic E-state index is 13.5. The Bertz CT molecular complexity index is 1320. The first-order chi connectivity index (χ1) is 15.8. The molecule has 1 aliphatic rings. The molecule has 3 aromatic rings. The zero-order chi connectivity index (χ0) is 23.7. The van der Waals surface area contributed by atoms with Gasteiger partial charge >= 0.3 is 0 Å². The van der Waals surface area contributed by atoms with E-state index in [-0.39, 0.29) is 17.0 Å². The molecule has 3 aromatic carbocycles. The summed E-state index contributed by atoms with van der Waals surface area (Å²) in [6, 6.07) is 17.3. The van der Waals surface area contributed by atoms with Crippen molar-refractivity contribution in [1.82, 2.24) is 0 Å². The molecule has 1 aliphatic heterocycles. The molecule has 0 unspecified atom stereocenters. The van der Waals surface area contributed by atoms with Gasteiger partial charge in [-0.15, -0.1) is 0 Å². The van der Waals surface area contributed by atoms with E-state index in [9.17, 15) is 19.7 Å². The molecule has 1 heterocycles. The Morgan fingerprint density at radius 1 is 1.00 bits per heavy atom. The van der Waals surface area contributed by atoms with Crippen LogP contribution < -0.4 is 15.0 Å². The van der Waals surface area contributed by atoms with E-state index >= 15 is 0 Å². The van der Waals surface area contributed by atoms with Crippen molar-refractivity contribution in [3.63, 3.8) is 0 Å². The van der Waals surface area contributed by atoms with Crippen molar-refractivity contribution in [3.05, 3.63) is 98.7 Å². The number of halogens is 1. The van der Waals surface area contributed by atoms with Gasteiger partial charge in [0.05, 0.1) is 23.3 Å². The maximum Gasteiger partial charge on any atom is 0.282 e. The summed E-state index contributed by atoms with van der Waals surface area (Å²) < 4.78 is 5.35. The number of imide groups is 1. The number of para-hydroxylation sites is 2. The van der Waals surface area contributed by atoms with Gasteiger partial charge in [-0.1, -0.05) is 23.7 Å². The van der Waals surface area contributed by atoms with E-state index in [0.29, 0.717) is 27.7 Å². The van der Waals surface area contributed by atoms with Crippen molar-refractivity contribution in [2.24, 2.45) is 0 Å². The minimum atomic E-state index is -0.577. The number of rotatable bonds is 6. The number of hydrogen-bond acceptors (Lipinski definition) is 6. The zero-order valence-corrected chi connectivity index (χ0v) is 18.4. The molecule has 0 fully saturated rings. The highest BCUT2D eigenvalue weighted by molar-refractivity contribution is 6.46. The van der Waals surface area contributed by atoms with Crippen LogP contribution in [0.1, 0.15) is 11.1 Å². The van der Waals surface area contributed by atoms with Crippen molar-refractivity contribution in [2.75, 3.05) is 17.3 Å². The lowest BCUT2D eigenvalue weighted by atomic mass is 10.0. The predicted octanol–water partition coefficient (Wildman–Crippen LogP) is 4.96. The fraction of sp³-hybridized carbons (Fsp3) is 0.0833. The maximum absolute atomic E-state index is 13.5. The van der Waals surface area contributed by atoms with E-state index in [1.807, 2.05) is 6.92 Å². The van der Waals surface area contributed by atoms with Crippen molar-refractivity contribution in [2.45, 2.75) is 6.92 Å². The number of carbonyl (C=O) groups is 2. The van der Waals surface area contributed by atoms with Gasteiger partial charge in [-0.3, -0.25) is 19.7 Å². The number of hydrogen-bond donors (Lipinski definition) is 1. The highest BCUT2D eigenvalue weighted by Crippen LogP contribution is 2.38. The first-order valence-corrected chi connectivity index (χ1v) is 10.2. The number of aryl methyl sites for hydroxylation is 1. The van der Waals surface area contributed by atoms with E-state index in [2.05, 4.69) is 5.32 Å². The van der Waals surface area contributed by atoms with Gasteiger partial charge in [0, 0.05) is 22.8 Å². The fourth-order valence-corrected chi connectivity index (χ4v) is 3.83. The standard InChI is InChI=1S/C24H18ClN3O5/c1-14-13-16(25)9-12-18(14)26-22-21(15-7-10-17(11-8-15)28(31)32)23(29)27(24(22)30)19-5-3-4-6-20(19)33-2/h3-13,26H,1-2H3. The van der Waals surface area contributed by atoms with Crippen LogP contribution in [0.5, 0.6) is 5.75 Å². The Kier molecular flexibility index (Phi) is 5.85. The molecule has 0 saturated heterocycles. The number of nitrogens with one attached hydrogen (secondary N) is 1. The third kappa shape index (κ3) is 4.04. The normalized spacial score (nSPS) is 13.5. The molecule has 0 aliphatic carbocycles. The van der Waals surface area contributed by atoms with Gasteiger partial charge in [0.25, 0.3) is 17.5 Å². The third-order valence-electron chi connectivity index (χ3n) is 5.22. The summed E-state index contributed by atoms with van der Waals surface area (Å²) in [7, 11) is 1.45. The van der Waals surface area contributed by atoms with E-state index in [0.717, 1.165) is 10.5 Å². The molecule has 0 atom stereocenters. The highest BCUT2D eigenvalue weighted by atomic mass is 35.5. The molecule has 4 rings (SSSR count). The number of non-ortho nitro benzene ring substituents is 1. The fourth-order valence-electron chi connectivity index (χ4n) is 3.60. The number of benzene rings is 3. The minimum Gasteiger partial charge on any atom is -0.495 e. The quantitative estimate of drug-likeness (QED) is 0.315. The summed E-state index contributed by atoms with van der Waals surface area (Å²) in [5, 5.41) is 14.7. The average Bonchev–Trinajstić information content (AvgIpc) is 3.04. The number of carbonyl (C=O) groups excluding carboxylic acids is 2. The second-order valence-corrected chi connectivity index (χ2v) is 7.69. The molecular weight excluding hydrogens is 446 g/mol.